The number of benzene rings is 1. The maximum atomic E-state index is 5.74. The van der Waals surface area contributed by atoms with E-state index in [1.165, 1.54) is 11.1 Å². The van der Waals surface area contributed by atoms with Gasteiger partial charge in [0.1, 0.15) is 5.82 Å². The minimum atomic E-state index is 0.236. The van der Waals surface area contributed by atoms with Crippen LogP contribution in [-0.4, -0.2) is 9.97 Å². The quantitative estimate of drug-likeness (QED) is 0.876. The molecule has 0 unspecified atom stereocenters. The second-order valence-electron chi connectivity index (χ2n) is 3.68. The van der Waals surface area contributed by atoms with Gasteiger partial charge in [-0.15, -0.1) is 0 Å². The van der Waals surface area contributed by atoms with Crippen LogP contribution in [-0.2, 0) is 6.54 Å². The predicted octanol–water partition coefficient (Wildman–Crippen LogP) is 3.81. The SMILES string of the molecule is Cc1cccc(CNc2nc(Cl)ncc2Br)c1. The van der Waals surface area contributed by atoms with Crippen molar-refractivity contribution in [3.63, 3.8) is 0 Å². The molecule has 0 aliphatic carbocycles. The zero-order valence-corrected chi connectivity index (χ0v) is 11.6. The van der Waals surface area contributed by atoms with E-state index in [-0.39, 0.29) is 5.28 Å². The van der Waals surface area contributed by atoms with Crippen molar-refractivity contribution in [2.75, 3.05) is 5.32 Å². The van der Waals surface area contributed by atoms with Crippen LogP contribution in [0.5, 0.6) is 0 Å². The molecule has 0 saturated carbocycles. The molecule has 1 aromatic carbocycles. The van der Waals surface area contributed by atoms with Crippen molar-refractivity contribution >= 4 is 33.3 Å². The first-order valence-electron chi connectivity index (χ1n) is 5.12. The second-order valence-corrected chi connectivity index (χ2v) is 4.87. The summed E-state index contributed by atoms with van der Waals surface area (Å²) in [6.45, 7) is 2.77. The molecule has 0 saturated heterocycles. The Labute approximate surface area is 113 Å². The topological polar surface area (TPSA) is 37.8 Å². The van der Waals surface area contributed by atoms with Crippen molar-refractivity contribution in [2.45, 2.75) is 13.5 Å². The average molecular weight is 313 g/mol. The fourth-order valence-corrected chi connectivity index (χ4v) is 1.94. The molecular formula is C12H11BrClN3. The van der Waals surface area contributed by atoms with Gasteiger partial charge in [-0.1, -0.05) is 29.8 Å². The highest BCUT2D eigenvalue weighted by Gasteiger charge is 2.03. The summed E-state index contributed by atoms with van der Waals surface area (Å²) >= 11 is 9.11. The minimum absolute atomic E-state index is 0.236. The lowest BCUT2D eigenvalue weighted by Gasteiger charge is -2.08. The van der Waals surface area contributed by atoms with E-state index >= 15 is 0 Å². The first-order chi connectivity index (χ1) is 8.15. The third-order valence-corrected chi connectivity index (χ3v) is 3.02. The van der Waals surface area contributed by atoms with Gasteiger partial charge in [0, 0.05) is 12.7 Å². The third kappa shape index (κ3) is 3.41. The summed E-state index contributed by atoms with van der Waals surface area (Å²) in [7, 11) is 0. The minimum Gasteiger partial charge on any atom is -0.365 e. The Kier molecular flexibility index (Phi) is 3.97. The summed E-state index contributed by atoms with van der Waals surface area (Å²) in [5.74, 6) is 0.700. The summed E-state index contributed by atoms with van der Waals surface area (Å²) in [6.07, 6.45) is 1.63. The normalized spacial score (nSPS) is 10.3. The molecule has 5 heteroatoms. The Balaban J connectivity index is 2.09. The molecule has 3 nitrogen and oxygen atoms in total. The Morgan fingerprint density at radius 2 is 2.24 bits per heavy atom. The van der Waals surface area contributed by atoms with Gasteiger partial charge in [0.2, 0.25) is 5.28 Å². The van der Waals surface area contributed by atoms with Crippen molar-refractivity contribution in [1.29, 1.82) is 0 Å². The van der Waals surface area contributed by atoms with Gasteiger partial charge < -0.3 is 5.32 Å². The molecule has 0 aliphatic rings. The molecule has 0 amide bonds. The van der Waals surface area contributed by atoms with Crippen LogP contribution in [0, 0.1) is 6.92 Å². The molecule has 0 radical (unpaired) electrons. The largest absolute Gasteiger partial charge is 0.365 e. The van der Waals surface area contributed by atoms with E-state index in [4.69, 9.17) is 11.6 Å². The molecule has 0 aliphatic heterocycles. The molecule has 2 rings (SSSR count). The van der Waals surface area contributed by atoms with Crippen molar-refractivity contribution in [2.24, 2.45) is 0 Å². The standard InChI is InChI=1S/C12H11BrClN3/c1-8-3-2-4-9(5-8)6-15-11-10(13)7-16-12(14)17-11/h2-5,7H,6H2,1H3,(H,15,16,17). The van der Waals surface area contributed by atoms with E-state index in [2.05, 4.69) is 56.3 Å². The molecule has 88 valence electrons. The highest BCUT2D eigenvalue weighted by atomic mass is 79.9. The van der Waals surface area contributed by atoms with E-state index in [1.54, 1.807) is 6.20 Å². The molecule has 0 fully saturated rings. The molecule has 1 aromatic heterocycles. The van der Waals surface area contributed by atoms with Crippen LogP contribution in [0.25, 0.3) is 0 Å². The number of aryl methyl sites for hydroxylation is 1. The van der Waals surface area contributed by atoms with Gasteiger partial charge in [0.05, 0.1) is 4.47 Å². The van der Waals surface area contributed by atoms with Crippen molar-refractivity contribution in [1.82, 2.24) is 9.97 Å². The maximum absolute atomic E-state index is 5.74. The number of hydrogen-bond acceptors (Lipinski definition) is 3. The van der Waals surface area contributed by atoms with E-state index in [0.29, 0.717) is 12.4 Å². The monoisotopic (exact) mass is 311 g/mol. The van der Waals surface area contributed by atoms with Gasteiger partial charge in [-0.25, -0.2) is 4.98 Å². The molecule has 0 spiro atoms. The fourth-order valence-electron chi connectivity index (χ4n) is 1.48. The van der Waals surface area contributed by atoms with Crippen LogP contribution in [0.2, 0.25) is 5.28 Å². The lowest BCUT2D eigenvalue weighted by Crippen LogP contribution is -2.03. The first-order valence-corrected chi connectivity index (χ1v) is 6.30. The lowest BCUT2D eigenvalue weighted by atomic mass is 10.1. The average Bonchev–Trinajstić information content (AvgIpc) is 2.30. The molecule has 17 heavy (non-hydrogen) atoms. The molecule has 0 bridgehead atoms. The summed E-state index contributed by atoms with van der Waals surface area (Å²) in [5, 5.41) is 3.45. The molecule has 1 heterocycles. The molecular weight excluding hydrogens is 302 g/mol. The fraction of sp³-hybridized carbons (Fsp3) is 0.167. The third-order valence-electron chi connectivity index (χ3n) is 2.26. The van der Waals surface area contributed by atoms with Crippen LogP contribution in [0.15, 0.2) is 34.9 Å². The number of nitrogens with zero attached hydrogens (tertiary/aromatic N) is 2. The van der Waals surface area contributed by atoms with Gasteiger partial charge in [-0.2, -0.15) is 4.98 Å². The Morgan fingerprint density at radius 3 is 3.00 bits per heavy atom. The number of aromatic nitrogens is 2. The smallest absolute Gasteiger partial charge is 0.224 e. The van der Waals surface area contributed by atoms with Gasteiger partial charge >= 0.3 is 0 Å². The van der Waals surface area contributed by atoms with Crippen LogP contribution >= 0.6 is 27.5 Å². The van der Waals surface area contributed by atoms with E-state index in [9.17, 15) is 0 Å². The zero-order chi connectivity index (χ0) is 12.3. The van der Waals surface area contributed by atoms with E-state index in [1.807, 2.05) is 6.07 Å². The van der Waals surface area contributed by atoms with Crippen LogP contribution < -0.4 is 5.32 Å². The number of anilines is 1. The Hall–Kier alpha value is -1.13. The molecule has 1 N–H and O–H groups in total. The summed E-state index contributed by atoms with van der Waals surface area (Å²) < 4.78 is 0.801. The highest BCUT2D eigenvalue weighted by molar-refractivity contribution is 9.10. The zero-order valence-electron chi connectivity index (χ0n) is 9.24. The lowest BCUT2D eigenvalue weighted by molar-refractivity contribution is 1.07. The van der Waals surface area contributed by atoms with Gasteiger partial charge in [0.15, 0.2) is 0 Å². The van der Waals surface area contributed by atoms with Gasteiger partial charge in [-0.3, -0.25) is 0 Å². The summed E-state index contributed by atoms with van der Waals surface area (Å²) in [5.41, 5.74) is 2.44. The second kappa shape index (κ2) is 5.47. The summed E-state index contributed by atoms with van der Waals surface area (Å²) in [4.78, 5) is 7.98. The Morgan fingerprint density at radius 1 is 1.41 bits per heavy atom. The number of rotatable bonds is 3. The maximum Gasteiger partial charge on any atom is 0.224 e. The van der Waals surface area contributed by atoms with E-state index in [0.717, 1.165) is 4.47 Å². The highest BCUT2D eigenvalue weighted by Crippen LogP contribution is 2.20. The number of nitrogens with one attached hydrogen (secondary N) is 1. The predicted molar refractivity (Wildman–Crippen MR) is 73.2 cm³/mol. The summed E-state index contributed by atoms with van der Waals surface area (Å²) in [6, 6.07) is 8.30. The molecule has 2 aromatic rings. The number of halogens is 2. The van der Waals surface area contributed by atoms with Crippen molar-refractivity contribution < 1.29 is 0 Å². The van der Waals surface area contributed by atoms with Crippen LogP contribution in [0.3, 0.4) is 0 Å². The number of hydrogen-bond donors (Lipinski definition) is 1. The van der Waals surface area contributed by atoms with Crippen molar-refractivity contribution in [3.05, 3.63) is 51.3 Å². The van der Waals surface area contributed by atoms with E-state index < -0.39 is 0 Å². The Bertz CT molecular complexity index is 531. The van der Waals surface area contributed by atoms with Gasteiger partial charge in [-0.05, 0) is 40.0 Å². The van der Waals surface area contributed by atoms with Gasteiger partial charge in [0.25, 0.3) is 0 Å². The first kappa shape index (κ1) is 12.3. The van der Waals surface area contributed by atoms with Crippen molar-refractivity contribution in [3.8, 4) is 0 Å². The molecule has 0 atom stereocenters. The van der Waals surface area contributed by atoms with Crippen LogP contribution in [0.4, 0.5) is 5.82 Å². The van der Waals surface area contributed by atoms with Crippen LogP contribution in [0.1, 0.15) is 11.1 Å².